The molecule has 4 nitrogen and oxygen atoms in total. The van der Waals surface area contributed by atoms with E-state index in [1.807, 2.05) is 29.1 Å². The molecule has 1 aromatic heterocycles. The number of aromatic nitrogens is 2. The number of fused-ring (bicyclic) bond motifs is 1. The van der Waals surface area contributed by atoms with Gasteiger partial charge in [-0.2, -0.15) is 5.10 Å². The number of aliphatic hydroxyl groups excluding tert-OH is 1. The highest BCUT2D eigenvalue weighted by molar-refractivity contribution is 5.82. The van der Waals surface area contributed by atoms with Crippen molar-refractivity contribution in [2.45, 2.75) is 32.1 Å². The van der Waals surface area contributed by atoms with E-state index in [9.17, 15) is 5.11 Å². The van der Waals surface area contributed by atoms with Crippen molar-refractivity contribution < 1.29 is 9.84 Å². The van der Waals surface area contributed by atoms with Gasteiger partial charge in [0.15, 0.2) is 6.23 Å². The van der Waals surface area contributed by atoms with Gasteiger partial charge in [-0.1, -0.05) is 12.1 Å². The van der Waals surface area contributed by atoms with Gasteiger partial charge < -0.3 is 9.84 Å². The van der Waals surface area contributed by atoms with E-state index in [0.717, 1.165) is 35.9 Å². The lowest BCUT2D eigenvalue weighted by Crippen LogP contribution is -2.18. The third kappa shape index (κ3) is 1.83. The summed E-state index contributed by atoms with van der Waals surface area (Å²) in [4.78, 5) is 0. The van der Waals surface area contributed by atoms with Gasteiger partial charge >= 0.3 is 0 Å². The van der Waals surface area contributed by atoms with Crippen LogP contribution in [0.2, 0.25) is 0 Å². The lowest BCUT2D eigenvalue weighted by atomic mass is 10.1. The summed E-state index contributed by atoms with van der Waals surface area (Å²) in [5, 5.41) is 14.7. The highest BCUT2D eigenvalue weighted by Gasteiger charge is 2.18. The van der Waals surface area contributed by atoms with Crippen LogP contribution in [0.15, 0.2) is 24.4 Å². The minimum absolute atomic E-state index is 0.0502. The summed E-state index contributed by atoms with van der Waals surface area (Å²) < 4.78 is 7.68. The Balaban J connectivity index is 2.05. The van der Waals surface area contributed by atoms with E-state index >= 15 is 0 Å². The number of nitrogens with zero attached hydrogens (tertiary/aromatic N) is 2. The van der Waals surface area contributed by atoms with Crippen LogP contribution in [0.4, 0.5) is 0 Å². The SMILES string of the molecule is OCc1cccc2c1cnn2C1CCCCO1. The first kappa shape index (κ1) is 10.7. The van der Waals surface area contributed by atoms with Gasteiger partial charge in [-0.05, 0) is 30.9 Å². The summed E-state index contributed by atoms with van der Waals surface area (Å²) in [5.74, 6) is 0. The molecule has 1 aliphatic rings. The minimum atomic E-state index is 0.0502. The summed E-state index contributed by atoms with van der Waals surface area (Å²) in [6.45, 7) is 0.861. The van der Waals surface area contributed by atoms with Crippen LogP contribution in [0.3, 0.4) is 0 Å². The number of ether oxygens (including phenoxy) is 1. The molecule has 0 amide bonds. The molecule has 17 heavy (non-hydrogen) atoms. The predicted molar refractivity (Wildman–Crippen MR) is 64.5 cm³/mol. The molecule has 1 aromatic carbocycles. The summed E-state index contributed by atoms with van der Waals surface area (Å²) in [7, 11) is 0. The highest BCUT2D eigenvalue weighted by Crippen LogP contribution is 2.27. The van der Waals surface area contributed by atoms with Gasteiger partial charge in [0.05, 0.1) is 18.3 Å². The molecule has 0 bridgehead atoms. The fraction of sp³-hybridized carbons (Fsp3) is 0.462. The Bertz CT molecular complexity index is 515. The van der Waals surface area contributed by atoms with Crippen LogP contribution >= 0.6 is 0 Å². The smallest absolute Gasteiger partial charge is 0.150 e. The van der Waals surface area contributed by atoms with Crippen LogP contribution in [0.25, 0.3) is 10.9 Å². The van der Waals surface area contributed by atoms with Gasteiger partial charge in [-0.25, -0.2) is 4.68 Å². The lowest BCUT2D eigenvalue weighted by Gasteiger charge is -2.23. The Kier molecular flexibility index (Phi) is 2.82. The molecular formula is C13H16N2O2. The molecule has 3 rings (SSSR count). The molecular weight excluding hydrogens is 216 g/mol. The zero-order valence-corrected chi connectivity index (χ0v) is 9.67. The molecule has 0 radical (unpaired) electrons. The molecule has 0 spiro atoms. The Morgan fingerprint density at radius 3 is 3.12 bits per heavy atom. The summed E-state index contributed by atoms with van der Waals surface area (Å²) in [6.07, 6.45) is 5.21. The van der Waals surface area contributed by atoms with Crippen LogP contribution in [0.5, 0.6) is 0 Å². The largest absolute Gasteiger partial charge is 0.392 e. The zero-order valence-electron chi connectivity index (χ0n) is 9.67. The molecule has 1 saturated heterocycles. The standard InChI is InChI=1S/C13H16N2O2/c16-9-10-4-3-5-12-11(10)8-14-15(12)13-6-1-2-7-17-13/h3-5,8,13,16H,1-2,6-7,9H2. The number of hydrogen-bond acceptors (Lipinski definition) is 3. The van der Waals surface area contributed by atoms with Crippen molar-refractivity contribution in [2.75, 3.05) is 6.61 Å². The van der Waals surface area contributed by atoms with E-state index in [2.05, 4.69) is 5.10 Å². The van der Waals surface area contributed by atoms with E-state index in [1.54, 1.807) is 0 Å². The maximum Gasteiger partial charge on any atom is 0.150 e. The van der Waals surface area contributed by atoms with Crippen molar-refractivity contribution in [1.29, 1.82) is 0 Å². The topological polar surface area (TPSA) is 47.3 Å². The van der Waals surface area contributed by atoms with Crippen molar-refractivity contribution in [3.05, 3.63) is 30.0 Å². The van der Waals surface area contributed by atoms with Crippen LogP contribution in [0.1, 0.15) is 31.1 Å². The number of rotatable bonds is 2. The van der Waals surface area contributed by atoms with Gasteiger partial charge in [0.1, 0.15) is 0 Å². The van der Waals surface area contributed by atoms with Crippen LogP contribution in [-0.2, 0) is 11.3 Å². The average molecular weight is 232 g/mol. The molecule has 1 fully saturated rings. The van der Waals surface area contributed by atoms with Gasteiger partial charge in [0.2, 0.25) is 0 Å². The third-order valence-electron chi connectivity index (χ3n) is 3.33. The number of aliphatic hydroxyl groups is 1. The second kappa shape index (κ2) is 4.47. The van der Waals surface area contributed by atoms with Crippen molar-refractivity contribution in [1.82, 2.24) is 9.78 Å². The third-order valence-corrected chi connectivity index (χ3v) is 3.33. The van der Waals surface area contributed by atoms with Crippen molar-refractivity contribution in [3.63, 3.8) is 0 Å². The van der Waals surface area contributed by atoms with E-state index in [4.69, 9.17) is 4.74 Å². The second-order valence-corrected chi connectivity index (χ2v) is 4.42. The first-order chi connectivity index (χ1) is 8.40. The maximum absolute atomic E-state index is 9.29. The molecule has 2 heterocycles. The quantitative estimate of drug-likeness (QED) is 0.863. The highest BCUT2D eigenvalue weighted by atomic mass is 16.5. The molecule has 4 heteroatoms. The predicted octanol–water partition coefficient (Wildman–Crippen LogP) is 2.23. The van der Waals surface area contributed by atoms with Crippen molar-refractivity contribution in [2.24, 2.45) is 0 Å². The summed E-state index contributed by atoms with van der Waals surface area (Å²) >= 11 is 0. The molecule has 2 aromatic rings. The van der Waals surface area contributed by atoms with E-state index in [1.165, 1.54) is 6.42 Å². The molecule has 1 atom stereocenters. The Labute approximate surface area is 99.8 Å². The van der Waals surface area contributed by atoms with E-state index < -0.39 is 0 Å². The van der Waals surface area contributed by atoms with Crippen LogP contribution in [0, 0.1) is 0 Å². The van der Waals surface area contributed by atoms with Gasteiger partial charge in [-0.3, -0.25) is 0 Å². The Hall–Kier alpha value is -1.39. The Morgan fingerprint density at radius 1 is 1.41 bits per heavy atom. The number of hydrogen-bond donors (Lipinski definition) is 1. The van der Waals surface area contributed by atoms with Crippen LogP contribution < -0.4 is 0 Å². The van der Waals surface area contributed by atoms with Crippen molar-refractivity contribution in [3.8, 4) is 0 Å². The first-order valence-electron chi connectivity index (χ1n) is 6.08. The van der Waals surface area contributed by atoms with Gasteiger partial charge in [0, 0.05) is 12.0 Å². The maximum atomic E-state index is 9.29. The Morgan fingerprint density at radius 2 is 2.35 bits per heavy atom. The molecule has 90 valence electrons. The number of benzene rings is 1. The molecule has 1 aliphatic heterocycles. The van der Waals surface area contributed by atoms with Crippen molar-refractivity contribution >= 4 is 10.9 Å². The fourth-order valence-electron chi connectivity index (χ4n) is 2.41. The zero-order chi connectivity index (χ0) is 11.7. The average Bonchev–Trinajstić information content (AvgIpc) is 2.83. The molecule has 0 aliphatic carbocycles. The van der Waals surface area contributed by atoms with E-state index in [0.29, 0.717) is 0 Å². The van der Waals surface area contributed by atoms with E-state index in [-0.39, 0.29) is 12.8 Å². The lowest BCUT2D eigenvalue weighted by molar-refractivity contribution is -0.0366. The minimum Gasteiger partial charge on any atom is -0.392 e. The fourth-order valence-corrected chi connectivity index (χ4v) is 2.41. The summed E-state index contributed by atoms with van der Waals surface area (Å²) in [5.41, 5.74) is 1.97. The van der Waals surface area contributed by atoms with Gasteiger partial charge in [0.25, 0.3) is 0 Å². The summed E-state index contributed by atoms with van der Waals surface area (Å²) in [6, 6.07) is 5.91. The monoisotopic (exact) mass is 232 g/mol. The second-order valence-electron chi connectivity index (χ2n) is 4.42. The molecule has 1 N–H and O–H groups in total. The first-order valence-corrected chi connectivity index (χ1v) is 6.08. The molecule has 1 unspecified atom stereocenters. The molecule has 0 saturated carbocycles. The normalized spacial score (nSPS) is 20.9. The van der Waals surface area contributed by atoms with Gasteiger partial charge in [-0.15, -0.1) is 0 Å². The van der Waals surface area contributed by atoms with Crippen LogP contribution in [-0.4, -0.2) is 21.5 Å².